The van der Waals surface area contributed by atoms with Crippen LogP contribution in [0.25, 0.3) is 0 Å². The minimum atomic E-state index is -1.22. The largest absolute Gasteiger partial charge is 0.598 e. The normalized spacial score (nSPS) is 16.3. The van der Waals surface area contributed by atoms with Crippen molar-refractivity contribution >= 4 is 11.4 Å². The van der Waals surface area contributed by atoms with Gasteiger partial charge in [0.2, 0.25) is 0 Å². The van der Waals surface area contributed by atoms with Gasteiger partial charge in [0.25, 0.3) is 0 Å². The van der Waals surface area contributed by atoms with Gasteiger partial charge in [0.15, 0.2) is 0 Å². The minimum absolute atomic E-state index is 0.144. The molecule has 86 valence electrons. The first kappa shape index (κ1) is 12.6. The van der Waals surface area contributed by atoms with Crippen molar-refractivity contribution in [2.75, 3.05) is 6.61 Å². The van der Waals surface area contributed by atoms with Gasteiger partial charge in [0.1, 0.15) is 16.5 Å². The fourth-order valence-corrected chi connectivity index (χ4v) is 1.78. The third-order valence-electron chi connectivity index (χ3n) is 1.87. The van der Waals surface area contributed by atoms with Crippen molar-refractivity contribution in [2.45, 2.75) is 31.6 Å². The zero-order valence-electron chi connectivity index (χ0n) is 9.19. The van der Waals surface area contributed by atoms with E-state index in [0.717, 1.165) is 0 Å². The summed E-state index contributed by atoms with van der Waals surface area (Å²) in [6.07, 6.45) is 1.53. The maximum atomic E-state index is 11.8. The molecule has 1 aromatic heterocycles. The summed E-state index contributed by atoms with van der Waals surface area (Å²) in [5.74, 6) is 0.593. The van der Waals surface area contributed by atoms with Crippen LogP contribution in [0.2, 0.25) is 0 Å². The first-order valence-electron chi connectivity index (χ1n) is 4.77. The lowest BCUT2D eigenvalue weighted by molar-refractivity contribution is 0.241. The Morgan fingerprint density at radius 3 is 2.67 bits per heavy atom. The topological polar surface area (TPSA) is 68.5 Å². The summed E-state index contributed by atoms with van der Waals surface area (Å²) in [4.78, 5) is 0. The third kappa shape index (κ3) is 3.53. The Kier molecular flexibility index (Phi) is 4.21. The van der Waals surface area contributed by atoms with Crippen LogP contribution in [0, 0.1) is 0 Å². The molecule has 5 heteroatoms. The van der Waals surface area contributed by atoms with Crippen LogP contribution in [-0.2, 0) is 11.4 Å². The van der Waals surface area contributed by atoms with E-state index in [0.29, 0.717) is 5.76 Å². The number of hydrogen-bond acceptors (Lipinski definition) is 4. The molecule has 2 N–H and O–H groups in total. The van der Waals surface area contributed by atoms with Gasteiger partial charge in [-0.3, -0.25) is 0 Å². The van der Waals surface area contributed by atoms with E-state index in [1.807, 2.05) is 20.8 Å². The Morgan fingerprint density at radius 1 is 1.60 bits per heavy atom. The highest BCUT2D eigenvalue weighted by molar-refractivity contribution is 7.90. The highest BCUT2D eigenvalue weighted by Crippen LogP contribution is 2.19. The van der Waals surface area contributed by atoms with Gasteiger partial charge in [0.05, 0.1) is 12.9 Å². The molecular formula is C10H17NO3S. The van der Waals surface area contributed by atoms with Crippen LogP contribution in [0.5, 0.6) is 0 Å². The number of aliphatic hydroxyl groups is 1. The van der Waals surface area contributed by atoms with E-state index >= 15 is 0 Å². The van der Waals surface area contributed by atoms with E-state index in [2.05, 4.69) is 4.72 Å². The molecule has 1 rings (SSSR count). The van der Waals surface area contributed by atoms with Crippen molar-refractivity contribution in [1.29, 1.82) is 0 Å². The van der Waals surface area contributed by atoms with Crippen molar-refractivity contribution in [1.82, 2.24) is 4.72 Å². The summed E-state index contributed by atoms with van der Waals surface area (Å²) in [6.45, 7) is 5.46. The second-order valence-electron chi connectivity index (χ2n) is 4.25. The Bertz CT molecular complexity index is 281. The van der Waals surface area contributed by atoms with Crippen molar-refractivity contribution in [3.8, 4) is 0 Å². The van der Waals surface area contributed by atoms with Gasteiger partial charge in [-0.1, -0.05) is 0 Å². The number of aliphatic hydroxyl groups excluding tert-OH is 1. The molecule has 0 aliphatic carbocycles. The molecule has 0 aromatic carbocycles. The molecule has 0 bridgehead atoms. The molecule has 1 heterocycles. The summed E-state index contributed by atoms with van der Waals surface area (Å²) in [7, 11) is 0. The van der Waals surface area contributed by atoms with Gasteiger partial charge in [-0.25, -0.2) is 0 Å². The zero-order chi connectivity index (χ0) is 11.5. The fraction of sp³-hybridized carbons (Fsp3) is 0.600. The first-order valence-corrected chi connectivity index (χ1v) is 5.92. The van der Waals surface area contributed by atoms with Gasteiger partial charge < -0.3 is 14.1 Å². The van der Waals surface area contributed by atoms with Gasteiger partial charge in [-0.15, -0.1) is 4.72 Å². The molecular weight excluding hydrogens is 214 g/mol. The minimum Gasteiger partial charge on any atom is -0.598 e. The van der Waals surface area contributed by atoms with Gasteiger partial charge in [-0.05, 0) is 32.9 Å². The molecule has 15 heavy (non-hydrogen) atoms. The number of furan rings is 1. The van der Waals surface area contributed by atoms with Crippen LogP contribution in [-0.4, -0.2) is 21.0 Å². The molecule has 0 saturated carbocycles. The lowest BCUT2D eigenvalue weighted by atomic mass is 10.2. The SMILES string of the molecule is CC(C)(C)[S@@+]([O-])N[C@@H](CO)c1ccco1. The van der Waals surface area contributed by atoms with Gasteiger partial charge in [0, 0.05) is 11.4 Å². The number of nitrogens with one attached hydrogen (secondary N) is 1. The van der Waals surface area contributed by atoms with Crippen LogP contribution < -0.4 is 4.72 Å². The van der Waals surface area contributed by atoms with Crippen LogP contribution in [0.4, 0.5) is 0 Å². The maximum absolute atomic E-state index is 11.8. The number of rotatable bonds is 4. The molecule has 0 spiro atoms. The summed E-state index contributed by atoms with van der Waals surface area (Å²) < 4.78 is 19.4. The smallest absolute Gasteiger partial charge is 0.136 e. The molecule has 2 atom stereocenters. The Balaban J connectivity index is 2.63. The quantitative estimate of drug-likeness (QED) is 0.768. The summed E-state index contributed by atoms with van der Waals surface area (Å²) in [6, 6.07) is 3.06. The van der Waals surface area contributed by atoms with Crippen LogP contribution >= 0.6 is 0 Å². The van der Waals surface area contributed by atoms with E-state index in [1.54, 1.807) is 12.1 Å². The van der Waals surface area contributed by atoms with E-state index < -0.39 is 17.4 Å². The third-order valence-corrected chi connectivity index (χ3v) is 3.49. The fourth-order valence-electron chi connectivity index (χ4n) is 0.981. The molecule has 0 amide bonds. The van der Waals surface area contributed by atoms with Crippen LogP contribution in [0.1, 0.15) is 32.6 Å². The molecule has 0 aliphatic heterocycles. The first-order chi connectivity index (χ1) is 6.95. The summed E-state index contributed by atoms with van der Waals surface area (Å²) in [5, 5.41) is 9.16. The van der Waals surface area contributed by atoms with Crippen LogP contribution in [0.3, 0.4) is 0 Å². The molecule has 1 aromatic rings. The predicted octanol–water partition coefficient (Wildman–Crippen LogP) is 1.36. The Hall–Kier alpha value is -0.490. The predicted molar refractivity (Wildman–Crippen MR) is 59.6 cm³/mol. The molecule has 0 saturated heterocycles. The van der Waals surface area contributed by atoms with Gasteiger partial charge >= 0.3 is 0 Å². The van der Waals surface area contributed by atoms with E-state index in [1.165, 1.54) is 6.26 Å². The number of hydrogen-bond donors (Lipinski definition) is 2. The van der Waals surface area contributed by atoms with Crippen molar-refractivity contribution in [2.24, 2.45) is 0 Å². The summed E-state index contributed by atoms with van der Waals surface area (Å²) in [5.41, 5.74) is 0. The van der Waals surface area contributed by atoms with Crippen molar-refractivity contribution in [3.63, 3.8) is 0 Å². The molecule has 0 unspecified atom stereocenters. The monoisotopic (exact) mass is 231 g/mol. The Morgan fingerprint density at radius 2 is 2.27 bits per heavy atom. The average molecular weight is 231 g/mol. The zero-order valence-corrected chi connectivity index (χ0v) is 10.0. The van der Waals surface area contributed by atoms with Crippen LogP contribution in [0.15, 0.2) is 22.8 Å². The van der Waals surface area contributed by atoms with Crippen molar-refractivity contribution < 1.29 is 14.1 Å². The lowest BCUT2D eigenvalue weighted by Gasteiger charge is -2.26. The lowest BCUT2D eigenvalue weighted by Crippen LogP contribution is -2.42. The molecule has 4 nitrogen and oxygen atoms in total. The maximum Gasteiger partial charge on any atom is 0.136 e. The van der Waals surface area contributed by atoms with E-state index in [9.17, 15) is 4.55 Å². The Labute approximate surface area is 93.0 Å². The molecule has 0 radical (unpaired) electrons. The van der Waals surface area contributed by atoms with E-state index in [-0.39, 0.29) is 11.4 Å². The molecule has 0 aliphatic rings. The highest BCUT2D eigenvalue weighted by Gasteiger charge is 2.30. The second kappa shape index (κ2) is 5.03. The standard InChI is InChI=1S/C10H17NO3S/c1-10(2,3)15(13)11-8(7-12)9-5-4-6-14-9/h4-6,8,11-12H,7H2,1-3H3/t8-,15+/m0/s1. The second-order valence-corrected chi connectivity index (χ2v) is 6.25. The van der Waals surface area contributed by atoms with Gasteiger partial charge in [-0.2, -0.15) is 0 Å². The highest BCUT2D eigenvalue weighted by atomic mass is 32.2. The van der Waals surface area contributed by atoms with E-state index in [4.69, 9.17) is 9.52 Å². The summed E-state index contributed by atoms with van der Waals surface area (Å²) >= 11 is -1.22. The molecule has 0 fully saturated rings. The average Bonchev–Trinajstić information content (AvgIpc) is 2.64. The van der Waals surface area contributed by atoms with Crippen molar-refractivity contribution in [3.05, 3.63) is 24.2 Å².